The lowest BCUT2D eigenvalue weighted by Gasteiger charge is -2.04. The van der Waals surface area contributed by atoms with Gasteiger partial charge >= 0.3 is 0 Å². The van der Waals surface area contributed by atoms with Crippen LogP contribution >= 0.6 is 0 Å². The van der Waals surface area contributed by atoms with Gasteiger partial charge in [-0.15, -0.1) is 0 Å². The minimum absolute atomic E-state index is 0.102. The zero-order chi connectivity index (χ0) is 9.68. The molecule has 1 atom stereocenters. The summed E-state index contributed by atoms with van der Waals surface area (Å²) in [5.41, 5.74) is 8.26. The van der Waals surface area contributed by atoms with Crippen LogP contribution < -0.4 is 0 Å². The van der Waals surface area contributed by atoms with Crippen LogP contribution in [0.15, 0.2) is 23.4 Å². The molecule has 5 nitrogen and oxygen atoms in total. The molecule has 0 aromatic carbocycles. The molecule has 0 amide bonds. The molecule has 1 N–H and O–H groups in total. The van der Waals surface area contributed by atoms with Crippen LogP contribution in [0.4, 0.5) is 4.39 Å². The molecule has 0 radical (unpaired) electrons. The highest BCUT2D eigenvalue weighted by Gasteiger charge is 2.06. The minimum atomic E-state index is -0.975. The van der Waals surface area contributed by atoms with Crippen molar-refractivity contribution in [1.29, 1.82) is 0 Å². The maximum Gasteiger partial charge on any atom is 0.141 e. The molecule has 68 valence electrons. The highest BCUT2D eigenvalue weighted by molar-refractivity contribution is 5.08. The predicted molar refractivity (Wildman–Crippen MR) is 43.2 cm³/mol. The molecule has 1 unspecified atom stereocenters. The van der Waals surface area contributed by atoms with Crippen LogP contribution in [0.25, 0.3) is 10.4 Å². The Morgan fingerprint density at radius 3 is 3.00 bits per heavy atom. The van der Waals surface area contributed by atoms with E-state index in [1.54, 1.807) is 0 Å². The summed E-state index contributed by atoms with van der Waals surface area (Å²) in [7, 11) is 0. The number of hydrogen-bond acceptors (Lipinski definition) is 3. The molecular formula is C7H7FN4O. The van der Waals surface area contributed by atoms with Gasteiger partial charge in [0.25, 0.3) is 0 Å². The number of pyridine rings is 1. The van der Waals surface area contributed by atoms with E-state index in [9.17, 15) is 9.50 Å². The van der Waals surface area contributed by atoms with Crippen LogP contribution in [-0.4, -0.2) is 16.6 Å². The Morgan fingerprint density at radius 2 is 2.46 bits per heavy atom. The van der Waals surface area contributed by atoms with Crippen LogP contribution in [0.5, 0.6) is 0 Å². The van der Waals surface area contributed by atoms with Gasteiger partial charge in [0, 0.05) is 4.91 Å². The van der Waals surface area contributed by atoms with Crippen molar-refractivity contribution >= 4 is 0 Å². The highest BCUT2D eigenvalue weighted by Crippen LogP contribution is 2.09. The van der Waals surface area contributed by atoms with Gasteiger partial charge in [0.05, 0.1) is 18.4 Å². The molecule has 0 aliphatic carbocycles. The smallest absolute Gasteiger partial charge is 0.141 e. The monoisotopic (exact) mass is 182 g/mol. The van der Waals surface area contributed by atoms with Crippen molar-refractivity contribution in [3.63, 3.8) is 0 Å². The van der Waals surface area contributed by atoms with Gasteiger partial charge in [-0.1, -0.05) is 5.11 Å². The summed E-state index contributed by atoms with van der Waals surface area (Å²) < 4.78 is 12.4. The molecule has 0 aliphatic heterocycles. The number of azide groups is 1. The topological polar surface area (TPSA) is 81.9 Å². The van der Waals surface area contributed by atoms with E-state index in [1.807, 2.05) is 0 Å². The minimum Gasteiger partial charge on any atom is -0.387 e. The van der Waals surface area contributed by atoms with Crippen LogP contribution in [0.3, 0.4) is 0 Å². The van der Waals surface area contributed by atoms with Crippen molar-refractivity contribution in [2.45, 2.75) is 6.10 Å². The molecule has 1 heterocycles. The van der Waals surface area contributed by atoms with Crippen molar-refractivity contribution in [3.8, 4) is 0 Å². The normalized spacial score (nSPS) is 11.8. The number of aliphatic hydroxyl groups excluding tert-OH is 1. The average molecular weight is 182 g/mol. The lowest BCUT2D eigenvalue weighted by Crippen LogP contribution is -2.03. The van der Waals surface area contributed by atoms with Crippen LogP contribution in [0.2, 0.25) is 0 Å². The van der Waals surface area contributed by atoms with Crippen LogP contribution in [-0.2, 0) is 0 Å². The summed E-state index contributed by atoms with van der Waals surface area (Å²) in [4.78, 5) is 6.10. The molecule has 0 fully saturated rings. The third kappa shape index (κ3) is 2.70. The summed E-state index contributed by atoms with van der Waals surface area (Å²) in [6.07, 6.45) is 0.0192. The summed E-state index contributed by atoms with van der Waals surface area (Å²) in [5.74, 6) is -0.472. The fourth-order valence-electron chi connectivity index (χ4n) is 0.792. The second kappa shape index (κ2) is 4.39. The van der Waals surface area contributed by atoms with E-state index in [0.717, 1.165) is 6.20 Å². The summed E-state index contributed by atoms with van der Waals surface area (Å²) in [6, 6.07) is 2.52. The molecule has 0 spiro atoms. The molecule has 0 bridgehead atoms. The van der Waals surface area contributed by atoms with Crippen molar-refractivity contribution in [2.75, 3.05) is 6.54 Å². The first-order chi connectivity index (χ1) is 6.24. The summed E-state index contributed by atoms with van der Waals surface area (Å²) in [5, 5.41) is 12.5. The maximum absolute atomic E-state index is 12.4. The fourth-order valence-corrected chi connectivity index (χ4v) is 0.792. The molecule has 1 aromatic heterocycles. The number of aromatic nitrogens is 1. The molecule has 0 saturated carbocycles. The van der Waals surface area contributed by atoms with Gasteiger partial charge in [-0.05, 0) is 17.7 Å². The van der Waals surface area contributed by atoms with E-state index >= 15 is 0 Å². The van der Waals surface area contributed by atoms with E-state index in [1.165, 1.54) is 12.1 Å². The molecule has 1 aromatic rings. The largest absolute Gasteiger partial charge is 0.387 e. The summed E-state index contributed by atoms with van der Waals surface area (Å²) >= 11 is 0. The zero-order valence-corrected chi connectivity index (χ0v) is 6.63. The van der Waals surface area contributed by atoms with Gasteiger partial charge in [0.15, 0.2) is 0 Å². The first-order valence-corrected chi connectivity index (χ1v) is 3.54. The third-order valence-corrected chi connectivity index (χ3v) is 1.41. The number of halogens is 1. The highest BCUT2D eigenvalue weighted by atomic mass is 19.1. The zero-order valence-electron chi connectivity index (χ0n) is 6.63. The number of rotatable bonds is 3. The Labute approximate surface area is 73.5 Å². The third-order valence-electron chi connectivity index (χ3n) is 1.41. The van der Waals surface area contributed by atoms with Crippen molar-refractivity contribution < 1.29 is 9.50 Å². The van der Waals surface area contributed by atoms with Crippen molar-refractivity contribution in [2.24, 2.45) is 5.11 Å². The molecule has 0 aliphatic rings. The lowest BCUT2D eigenvalue weighted by atomic mass is 10.2. The standard InChI is InChI=1S/C7H7FN4O/c8-5-1-2-6(10-3-5)7(13)4-11-12-9/h1-3,7,13H,4H2. The maximum atomic E-state index is 12.4. The molecular weight excluding hydrogens is 175 g/mol. The number of aliphatic hydroxyl groups is 1. The fraction of sp³-hybridized carbons (Fsp3) is 0.286. The van der Waals surface area contributed by atoms with Crippen molar-refractivity contribution in [1.82, 2.24) is 4.98 Å². The van der Waals surface area contributed by atoms with Gasteiger partial charge in [-0.2, -0.15) is 0 Å². The van der Waals surface area contributed by atoms with E-state index < -0.39 is 11.9 Å². The second-order valence-electron chi connectivity index (χ2n) is 2.33. The van der Waals surface area contributed by atoms with E-state index in [4.69, 9.17) is 5.53 Å². The lowest BCUT2D eigenvalue weighted by molar-refractivity contribution is 0.181. The van der Waals surface area contributed by atoms with E-state index in [2.05, 4.69) is 15.0 Å². The molecule has 6 heteroatoms. The SMILES string of the molecule is [N-]=[N+]=NCC(O)c1ccc(F)cn1. The van der Waals surface area contributed by atoms with Crippen LogP contribution in [0.1, 0.15) is 11.8 Å². The Bertz CT molecular complexity index is 320. The first kappa shape index (κ1) is 9.44. The first-order valence-electron chi connectivity index (χ1n) is 3.54. The number of hydrogen-bond donors (Lipinski definition) is 1. The Morgan fingerprint density at radius 1 is 1.69 bits per heavy atom. The van der Waals surface area contributed by atoms with Gasteiger partial charge < -0.3 is 5.11 Å². The quantitative estimate of drug-likeness (QED) is 0.437. The number of nitrogens with zero attached hydrogens (tertiary/aromatic N) is 4. The van der Waals surface area contributed by atoms with E-state index in [-0.39, 0.29) is 12.2 Å². The Balaban J connectivity index is 2.71. The van der Waals surface area contributed by atoms with Gasteiger partial charge in [-0.3, -0.25) is 4.98 Å². The van der Waals surface area contributed by atoms with Gasteiger partial charge in [0.2, 0.25) is 0 Å². The van der Waals surface area contributed by atoms with Crippen LogP contribution in [0, 0.1) is 5.82 Å². The molecule has 0 saturated heterocycles. The van der Waals surface area contributed by atoms with Gasteiger partial charge in [-0.25, -0.2) is 4.39 Å². The van der Waals surface area contributed by atoms with Crippen molar-refractivity contribution in [3.05, 3.63) is 40.3 Å². The Hall–Kier alpha value is -1.65. The average Bonchev–Trinajstić information content (AvgIpc) is 2.15. The molecule has 13 heavy (non-hydrogen) atoms. The molecule has 1 rings (SSSR count). The predicted octanol–water partition coefficient (Wildman–Crippen LogP) is 1.56. The Kier molecular flexibility index (Phi) is 3.19. The van der Waals surface area contributed by atoms with E-state index in [0.29, 0.717) is 0 Å². The van der Waals surface area contributed by atoms with Gasteiger partial charge in [0.1, 0.15) is 11.9 Å². The summed E-state index contributed by atoms with van der Waals surface area (Å²) in [6.45, 7) is -0.102. The second-order valence-corrected chi connectivity index (χ2v) is 2.33.